The van der Waals surface area contributed by atoms with Crippen molar-refractivity contribution in [2.24, 2.45) is 11.5 Å². The van der Waals surface area contributed by atoms with Crippen LogP contribution in [0, 0.1) is 0 Å². The van der Waals surface area contributed by atoms with Gasteiger partial charge in [-0.25, -0.2) is 0 Å². The molecule has 0 aliphatic rings. The van der Waals surface area contributed by atoms with Crippen LogP contribution in [-0.2, 0) is 0 Å². The molecule has 0 saturated carbocycles. The molecule has 0 radical (unpaired) electrons. The summed E-state index contributed by atoms with van der Waals surface area (Å²) in [4.78, 5) is 0.405. The molecule has 0 aromatic rings. The van der Waals surface area contributed by atoms with E-state index in [0.717, 1.165) is 6.42 Å². The van der Waals surface area contributed by atoms with Gasteiger partial charge in [-0.1, -0.05) is 19.1 Å². The normalized spacial score (nSPS) is 13.4. The van der Waals surface area contributed by atoms with Crippen LogP contribution >= 0.6 is 12.2 Å². The monoisotopic (exact) mass is 118 g/mol. The molecule has 0 aliphatic heterocycles. The average molecular weight is 118 g/mol. The molecule has 0 amide bonds. The lowest BCUT2D eigenvalue weighted by Crippen LogP contribution is -2.33. The van der Waals surface area contributed by atoms with Crippen molar-refractivity contribution in [2.75, 3.05) is 0 Å². The van der Waals surface area contributed by atoms with Crippen molar-refractivity contribution in [3.05, 3.63) is 0 Å². The summed E-state index contributed by atoms with van der Waals surface area (Å²) >= 11 is 4.57. The summed E-state index contributed by atoms with van der Waals surface area (Å²) in [5.74, 6) is 0. The van der Waals surface area contributed by atoms with E-state index in [4.69, 9.17) is 11.5 Å². The Bertz CT molecular complexity index is 72.1. The van der Waals surface area contributed by atoms with Gasteiger partial charge in [-0.2, -0.15) is 0 Å². The number of hydrogen-bond donors (Lipinski definition) is 2. The number of thiocarbonyl (C=S) groups is 1. The smallest absolute Gasteiger partial charge is 0.0897 e. The van der Waals surface area contributed by atoms with Crippen LogP contribution < -0.4 is 11.5 Å². The Morgan fingerprint density at radius 2 is 2.29 bits per heavy atom. The van der Waals surface area contributed by atoms with Crippen LogP contribution in [0.1, 0.15) is 13.3 Å². The predicted molar refractivity (Wildman–Crippen MR) is 35.1 cm³/mol. The highest BCUT2D eigenvalue weighted by atomic mass is 32.1. The van der Waals surface area contributed by atoms with Gasteiger partial charge in [0.1, 0.15) is 0 Å². The van der Waals surface area contributed by atoms with Gasteiger partial charge < -0.3 is 11.5 Å². The molecule has 0 saturated heterocycles. The molecule has 0 aromatic heterocycles. The summed E-state index contributed by atoms with van der Waals surface area (Å²) < 4.78 is 0. The third kappa shape index (κ3) is 2.53. The number of hydrogen-bond acceptors (Lipinski definition) is 2. The highest BCUT2D eigenvalue weighted by Crippen LogP contribution is 1.83. The van der Waals surface area contributed by atoms with Crippen molar-refractivity contribution in [3.8, 4) is 0 Å². The number of nitrogens with two attached hydrogens (primary N) is 2. The van der Waals surface area contributed by atoms with Gasteiger partial charge >= 0.3 is 0 Å². The van der Waals surface area contributed by atoms with E-state index in [9.17, 15) is 0 Å². The Balaban J connectivity index is 3.34. The zero-order chi connectivity index (χ0) is 5.86. The molecule has 1 unspecified atom stereocenters. The second-order valence-corrected chi connectivity index (χ2v) is 1.89. The average Bonchev–Trinajstić information content (AvgIpc) is 1.65. The molecule has 0 aromatic carbocycles. The highest BCUT2D eigenvalue weighted by Gasteiger charge is 1.98. The first-order valence-corrected chi connectivity index (χ1v) is 2.64. The van der Waals surface area contributed by atoms with E-state index >= 15 is 0 Å². The van der Waals surface area contributed by atoms with Crippen molar-refractivity contribution in [1.29, 1.82) is 0 Å². The molecule has 2 nitrogen and oxygen atoms in total. The highest BCUT2D eigenvalue weighted by molar-refractivity contribution is 7.80. The maximum absolute atomic E-state index is 5.35. The molecule has 0 rings (SSSR count). The Hall–Kier alpha value is -0.150. The molecular formula is C4H10N2S. The van der Waals surface area contributed by atoms with Crippen LogP contribution in [-0.4, -0.2) is 11.0 Å². The Labute approximate surface area is 48.9 Å². The summed E-state index contributed by atoms with van der Waals surface area (Å²) in [7, 11) is 0. The van der Waals surface area contributed by atoms with E-state index in [2.05, 4.69) is 12.2 Å². The lowest BCUT2D eigenvalue weighted by Gasteiger charge is -2.02. The fourth-order valence-electron chi connectivity index (χ4n) is 0.201. The lowest BCUT2D eigenvalue weighted by atomic mass is 10.2. The fourth-order valence-corrected chi connectivity index (χ4v) is 0.368. The standard InChI is InChI=1S/C4H10N2S/c1-2-3(5)4(6)7/h3H,2,5H2,1H3,(H2,6,7). The molecule has 3 heteroatoms. The SMILES string of the molecule is CCC(N)C(N)=S. The molecule has 0 bridgehead atoms. The van der Waals surface area contributed by atoms with Crippen LogP contribution in [0.25, 0.3) is 0 Å². The van der Waals surface area contributed by atoms with E-state index in [-0.39, 0.29) is 6.04 Å². The Kier molecular flexibility index (Phi) is 2.87. The van der Waals surface area contributed by atoms with Crippen molar-refractivity contribution >= 4 is 17.2 Å². The summed E-state index contributed by atoms with van der Waals surface area (Å²) in [6.07, 6.45) is 0.829. The van der Waals surface area contributed by atoms with E-state index < -0.39 is 0 Å². The zero-order valence-electron chi connectivity index (χ0n) is 4.35. The van der Waals surface area contributed by atoms with Crippen molar-refractivity contribution < 1.29 is 0 Å². The first-order chi connectivity index (χ1) is 3.18. The van der Waals surface area contributed by atoms with Gasteiger partial charge in [0.2, 0.25) is 0 Å². The van der Waals surface area contributed by atoms with E-state index in [1.807, 2.05) is 6.92 Å². The molecule has 4 N–H and O–H groups in total. The Morgan fingerprint density at radius 1 is 1.86 bits per heavy atom. The minimum absolute atomic E-state index is 0.0880. The molecule has 1 atom stereocenters. The van der Waals surface area contributed by atoms with Gasteiger partial charge in [-0.15, -0.1) is 0 Å². The van der Waals surface area contributed by atoms with Gasteiger partial charge in [0.25, 0.3) is 0 Å². The molecule has 0 fully saturated rings. The van der Waals surface area contributed by atoms with Crippen LogP contribution in [0.2, 0.25) is 0 Å². The molecular weight excluding hydrogens is 108 g/mol. The Morgan fingerprint density at radius 3 is 2.29 bits per heavy atom. The summed E-state index contributed by atoms with van der Waals surface area (Å²) in [6, 6.07) is -0.0880. The molecule has 0 heterocycles. The largest absolute Gasteiger partial charge is 0.392 e. The quantitative estimate of drug-likeness (QED) is 0.502. The lowest BCUT2D eigenvalue weighted by molar-refractivity contribution is 0.823. The summed E-state index contributed by atoms with van der Waals surface area (Å²) in [5.41, 5.74) is 10.5. The van der Waals surface area contributed by atoms with Crippen LogP contribution in [0.3, 0.4) is 0 Å². The minimum Gasteiger partial charge on any atom is -0.392 e. The van der Waals surface area contributed by atoms with E-state index in [1.165, 1.54) is 0 Å². The topological polar surface area (TPSA) is 52.0 Å². The van der Waals surface area contributed by atoms with Crippen LogP contribution in [0.4, 0.5) is 0 Å². The molecule has 42 valence electrons. The third-order valence-electron chi connectivity index (χ3n) is 0.805. The second-order valence-electron chi connectivity index (χ2n) is 1.42. The second kappa shape index (κ2) is 2.93. The van der Waals surface area contributed by atoms with Gasteiger partial charge in [-0.05, 0) is 6.42 Å². The number of rotatable bonds is 2. The zero-order valence-corrected chi connectivity index (χ0v) is 5.16. The van der Waals surface area contributed by atoms with Gasteiger partial charge in [0, 0.05) is 0 Å². The van der Waals surface area contributed by atoms with Gasteiger partial charge in [-0.3, -0.25) is 0 Å². The van der Waals surface area contributed by atoms with Crippen molar-refractivity contribution in [1.82, 2.24) is 0 Å². The first-order valence-electron chi connectivity index (χ1n) is 2.23. The van der Waals surface area contributed by atoms with Crippen LogP contribution in [0.15, 0.2) is 0 Å². The van der Waals surface area contributed by atoms with Crippen molar-refractivity contribution in [2.45, 2.75) is 19.4 Å². The third-order valence-corrected chi connectivity index (χ3v) is 1.11. The fraction of sp³-hybridized carbons (Fsp3) is 0.750. The van der Waals surface area contributed by atoms with E-state index in [1.54, 1.807) is 0 Å². The predicted octanol–water partition coefficient (Wildman–Crippen LogP) is 0.00980. The maximum atomic E-state index is 5.35. The first kappa shape index (κ1) is 6.85. The van der Waals surface area contributed by atoms with Gasteiger partial charge in [0.05, 0.1) is 11.0 Å². The van der Waals surface area contributed by atoms with Crippen LogP contribution in [0.5, 0.6) is 0 Å². The molecule has 0 spiro atoms. The molecule has 7 heavy (non-hydrogen) atoms. The molecule has 0 aliphatic carbocycles. The maximum Gasteiger partial charge on any atom is 0.0897 e. The van der Waals surface area contributed by atoms with Gasteiger partial charge in [0.15, 0.2) is 0 Å². The minimum atomic E-state index is -0.0880. The summed E-state index contributed by atoms with van der Waals surface area (Å²) in [6.45, 7) is 1.95. The summed E-state index contributed by atoms with van der Waals surface area (Å²) in [5, 5.41) is 0. The van der Waals surface area contributed by atoms with E-state index in [0.29, 0.717) is 4.99 Å². The van der Waals surface area contributed by atoms with Crippen molar-refractivity contribution in [3.63, 3.8) is 0 Å².